The summed E-state index contributed by atoms with van der Waals surface area (Å²) in [5, 5.41) is 7.45. The predicted octanol–water partition coefficient (Wildman–Crippen LogP) is 4.93. The van der Waals surface area contributed by atoms with Gasteiger partial charge in [0.1, 0.15) is 0 Å². The second-order valence-corrected chi connectivity index (χ2v) is 7.17. The van der Waals surface area contributed by atoms with Crippen molar-refractivity contribution in [2.45, 2.75) is 19.5 Å². The first-order valence-corrected chi connectivity index (χ1v) is 9.60. The third kappa shape index (κ3) is 4.83. The van der Waals surface area contributed by atoms with Crippen LogP contribution in [0.1, 0.15) is 23.7 Å². The van der Waals surface area contributed by atoms with E-state index in [1.54, 1.807) is 24.4 Å². The van der Waals surface area contributed by atoms with E-state index in [1.807, 2.05) is 0 Å². The van der Waals surface area contributed by atoms with Gasteiger partial charge in [0.2, 0.25) is 5.13 Å². The molecule has 3 rings (SSSR count). The zero-order chi connectivity index (χ0) is 19.4. The molecule has 5 nitrogen and oxygen atoms in total. The molecule has 0 aliphatic carbocycles. The van der Waals surface area contributed by atoms with Gasteiger partial charge in [-0.2, -0.15) is 18.3 Å². The highest BCUT2D eigenvalue weighted by molar-refractivity contribution is 7.17. The molecule has 0 aliphatic heterocycles. The van der Waals surface area contributed by atoms with Crippen molar-refractivity contribution in [3.8, 4) is 0 Å². The van der Waals surface area contributed by atoms with E-state index in [1.165, 1.54) is 23.6 Å². The lowest BCUT2D eigenvalue weighted by molar-refractivity contribution is -0.142. The Balaban J connectivity index is 1.68. The molecule has 0 radical (unpaired) electrons. The summed E-state index contributed by atoms with van der Waals surface area (Å²) >= 11 is 2.32. The highest BCUT2D eigenvalue weighted by Crippen LogP contribution is 2.38. The van der Waals surface area contributed by atoms with E-state index in [0.29, 0.717) is 27.7 Å². The highest BCUT2D eigenvalue weighted by atomic mass is 32.1. The van der Waals surface area contributed by atoms with Crippen molar-refractivity contribution in [3.63, 3.8) is 0 Å². The maximum atomic E-state index is 13.0. The molecule has 0 spiro atoms. The number of ether oxygens (including phenoxy) is 1. The number of aromatic nitrogens is 1. The summed E-state index contributed by atoms with van der Waals surface area (Å²) in [7, 11) is 0. The fraction of sp³-hybridized carbons (Fsp3) is 0.235. The molecule has 0 fully saturated rings. The number of thiophene rings is 1. The zero-order valence-corrected chi connectivity index (χ0v) is 15.7. The third-order valence-corrected chi connectivity index (χ3v) is 5.22. The quantitative estimate of drug-likeness (QED) is 0.354. The summed E-state index contributed by atoms with van der Waals surface area (Å²) in [5.41, 5.74) is 3.16. The van der Waals surface area contributed by atoms with Gasteiger partial charge in [-0.3, -0.25) is 10.2 Å². The van der Waals surface area contributed by atoms with Gasteiger partial charge in [0, 0.05) is 20.8 Å². The summed E-state index contributed by atoms with van der Waals surface area (Å²) in [5.74, 6) is -0.359. The minimum atomic E-state index is -4.39. The lowest BCUT2D eigenvalue weighted by Gasteiger charge is -2.04. The number of nitrogens with zero attached hydrogens (tertiary/aromatic N) is 2. The Bertz CT molecular complexity index is 979. The van der Waals surface area contributed by atoms with Crippen LogP contribution in [0.5, 0.6) is 0 Å². The van der Waals surface area contributed by atoms with Gasteiger partial charge in [-0.1, -0.05) is 6.07 Å². The average Bonchev–Trinajstić information content (AvgIpc) is 3.21. The van der Waals surface area contributed by atoms with E-state index in [-0.39, 0.29) is 17.8 Å². The van der Waals surface area contributed by atoms with Crippen molar-refractivity contribution in [2.24, 2.45) is 5.10 Å². The average molecular weight is 413 g/mol. The van der Waals surface area contributed by atoms with Crippen LogP contribution in [-0.4, -0.2) is 23.8 Å². The van der Waals surface area contributed by atoms with Gasteiger partial charge in [-0.15, -0.1) is 22.7 Å². The zero-order valence-electron chi connectivity index (χ0n) is 14.0. The number of hydrogen-bond acceptors (Lipinski definition) is 7. The van der Waals surface area contributed by atoms with Crippen LogP contribution in [0.15, 0.2) is 34.1 Å². The summed E-state index contributed by atoms with van der Waals surface area (Å²) in [4.78, 5) is 15.6. The fourth-order valence-electron chi connectivity index (χ4n) is 2.31. The number of esters is 1. The van der Waals surface area contributed by atoms with E-state index in [9.17, 15) is 18.0 Å². The first kappa shape index (κ1) is 19.3. The van der Waals surface area contributed by atoms with Gasteiger partial charge >= 0.3 is 12.1 Å². The van der Waals surface area contributed by atoms with E-state index >= 15 is 0 Å². The number of hydrogen-bond donors (Lipinski definition) is 1. The minimum absolute atomic E-state index is 0.0742. The SMILES string of the molecule is CCOC(=O)Cc1csc(NN=Cc2ccc3scc(C(F)(F)F)c3c2)n1. The van der Waals surface area contributed by atoms with Gasteiger partial charge in [0.05, 0.1) is 30.5 Å². The van der Waals surface area contributed by atoms with Crippen LogP contribution >= 0.6 is 22.7 Å². The number of anilines is 1. The van der Waals surface area contributed by atoms with E-state index < -0.39 is 11.7 Å². The Morgan fingerprint density at radius 3 is 2.89 bits per heavy atom. The van der Waals surface area contributed by atoms with Gasteiger partial charge in [-0.05, 0) is 24.6 Å². The molecule has 1 N–H and O–H groups in total. The first-order valence-electron chi connectivity index (χ1n) is 7.84. The number of nitrogens with one attached hydrogen (secondary N) is 1. The number of carbonyl (C=O) groups excluding carboxylic acids is 1. The van der Waals surface area contributed by atoms with Crippen molar-refractivity contribution in [3.05, 3.63) is 45.8 Å². The van der Waals surface area contributed by atoms with Crippen molar-refractivity contribution in [2.75, 3.05) is 12.0 Å². The molecule has 27 heavy (non-hydrogen) atoms. The maximum absolute atomic E-state index is 13.0. The van der Waals surface area contributed by atoms with Gasteiger partial charge < -0.3 is 4.74 Å². The molecule has 0 atom stereocenters. The normalized spacial score (nSPS) is 12.0. The van der Waals surface area contributed by atoms with Crippen LogP contribution in [0.25, 0.3) is 10.1 Å². The summed E-state index contributed by atoms with van der Waals surface area (Å²) < 4.78 is 44.5. The van der Waals surface area contributed by atoms with Crippen molar-refractivity contribution >= 4 is 50.1 Å². The monoisotopic (exact) mass is 413 g/mol. The largest absolute Gasteiger partial charge is 0.466 e. The highest BCUT2D eigenvalue weighted by Gasteiger charge is 2.33. The molecule has 0 saturated carbocycles. The van der Waals surface area contributed by atoms with Crippen molar-refractivity contribution in [1.29, 1.82) is 0 Å². The summed E-state index contributed by atoms with van der Waals surface area (Å²) in [6, 6.07) is 4.78. The summed E-state index contributed by atoms with van der Waals surface area (Å²) in [6.07, 6.45) is -2.89. The third-order valence-electron chi connectivity index (χ3n) is 3.46. The number of alkyl halides is 3. The molecule has 2 heterocycles. The molecule has 2 aromatic heterocycles. The number of carbonyl (C=O) groups is 1. The Kier molecular flexibility index (Phi) is 5.76. The van der Waals surface area contributed by atoms with Crippen molar-refractivity contribution < 1.29 is 22.7 Å². The molecule has 10 heteroatoms. The molecule has 0 unspecified atom stereocenters. The Hall–Kier alpha value is -2.46. The van der Waals surface area contributed by atoms with Crippen LogP contribution < -0.4 is 5.43 Å². The second kappa shape index (κ2) is 8.05. The fourth-order valence-corrected chi connectivity index (χ4v) is 3.91. The Morgan fingerprint density at radius 2 is 2.15 bits per heavy atom. The molecular formula is C17H14F3N3O2S2. The second-order valence-electron chi connectivity index (χ2n) is 5.40. The van der Waals surface area contributed by atoms with Crippen LogP contribution in [0.2, 0.25) is 0 Å². The minimum Gasteiger partial charge on any atom is -0.466 e. The number of fused-ring (bicyclic) bond motifs is 1. The molecular weight excluding hydrogens is 399 g/mol. The lowest BCUT2D eigenvalue weighted by Crippen LogP contribution is -2.07. The molecule has 0 amide bonds. The molecule has 0 aliphatic rings. The number of rotatable bonds is 6. The Labute approximate surface area is 160 Å². The molecule has 3 aromatic rings. The number of halogens is 3. The van der Waals surface area contributed by atoms with E-state index in [0.717, 1.165) is 16.7 Å². The van der Waals surface area contributed by atoms with Crippen LogP contribution in [-0.2, 0) is 22.1 Å². The number of thiazole rings is 1. The van der Waals surface area contributed by atoms with Crippen LogP contribution in [0.4, 0.5) is 18.3 Å². The summed E-state index contributed by atoms with van der Waals surface area (Å²) in [6.45, 7) is 2.04. The molecule has 0 saturated heterocycles. The van der Waals surface area contributed by atoms with E-state index in [2.05, 4.69) is 15.5 Å². The van der Waals surface area contributed by atoms with Crippen LogP contribution in [0.3, 0.4) is 0 Å². The maximum Gasteiger partial charge on any atom is 0.417 e. The topological polar surface area (TPSA) is 63.6 Å². The Morgan fingerprint density at radius 1 is 1.33 bits per heavy atom. The smallest absolute Gasteiger partial charge is 0.417 e. The standard InChI is InChI=1S/C17H14F3N3O2S2/c1-2-25-15(24)6-11-8-27-16(22-11)23-21-7-10-3-4-14-12(5-10)13(9-26-14)17(18,19)20/h3-5,7-9H,2,6H2,1H3,(H,22,23). The number of hydrazone groups is 1. The predicted molar refractivity (Wildman–Crippen MR) is 100 cm³/mol. The van der Waals surface area contributed by atoms with E-state index in [4.69, 9.17) is 4.74 Å². The molecule has 0 bridgehead atoms. The van der Waals surface area contributed by atoms with Crippen molar-refractivity contribution in [1.82, 2.24) is 4.98 Å². The van der Waals surface area contributed by atoms with Gasteiger partial charge in [0.15, 0.2) is 0 Å². The van der Waals surface area contributed by atoms with Gasteiger partial charge in [0.25, 0.3) is 0 Å². The van der Waals surface area contributed by atoms with Gasteiger partial charge in [-0.25, -0.2) is 4.98 Å². The number of benzene rings is 1. The molecule has 142 valence electrons. The van der Waals surface area contributed by atoms with Crippen LogP contribution in [0, 0.1) is 0 Å². The first-order chi connectivity index (χ1) is 12.9. The molecule has 1 aromatic carbocycles. The lowest BCUT2D eigenvalue weighted by atomic mass is 10.1.